The first-order valence-electron chi connectivity index (χ1n) is 15.7. The molecular weight excluding hydrogens is 640 g/mol. The molecule has 19 heteroatoms. The number of hydroxylamine groups is 8. The molecule has 2 unspecified atom stereocenters. The molecule has 4 rings (SSSR count). The van der Waals surface area contributed by atoms with E-state index in [1.807, 2.05) is 0 Å². The van der Waals surface area contributed by atoms with Crippen LogP contribution in [0.25, 0.3) is 0 Å². The van der Waals surface area contributed by atoms with Gasteiger partial charge in [-0.3, -0.25) is 24.0 Å². The van der Waals surface area contributed by atoms with Crippen LogP contribution < -0.4 is 10.6 Å². The van der Waals surface area contributed by atoms with Gasteiger partial charge in [0, 0.05) is 37.8 Å². The second-order valence-corrected chi connectivity index (χ2v) is 11.5. The number of carbonyl (C=O) groups is 9. The fourth-order valence-corrected chi connectivity index (χ4v) is 5.12. The fraction of sp³-hybridized carbons (Fsp3) is 0.621. The monoisotopic (exact) mass is 678 g/mol. The van der Waals surface area contributed by atoms with Gasteiger partial charge in [0.1, 0.15) is 12.1 Å². The minimum Gasteiger partial charge on any atom is -0.342 e. The number of hydrogen-bond donors (Lipinski definition) is 2. The molecule has 48 heavy (non-hydrogen) atoms. The zero-order chi connectivity index (χ0) is 34.8. The molecule has 4 saturated heterocycles. The van der Waals surface area contributed by atoms with Crippen molar-refractivity contribution in [2.45, 2.75) is 89.1 Å². The third-order valence-electron chi connectivity index (χ3n) is 7.65. The van der Waals surface area contributed by atoms with Gasteiger partial charge in [-0.15, -0.1) is 0 Å². The Morgan fingerprint density at radius 2 is 0.917 bits per heavy atom. The van der Waals surface area contributed by atoms with Crippen molar-refractivity contribution in [3.05, 3.63) is 12.3 Å². The normalized spacial score (nSPS) is 18.9. The van der Waals surface area contributed by atoms with Crippen LogP contribution in [0.1, 0.15) is 77.0 Å². The van der Waals surface area contributed by atoms with E-state index in [4.69, 9.17) is 19.4 Å². The van der Waals surface area contributed by atoms with Gasteiger partial charge in [0.2, 0.25) is 11.8 Å². The molecule has 0 spiro atoms. The second-order valence-electron chi connectivity index (χ2n) is 11.5. The van der Waals surface area contributed by atoms with Crippen LogP contribution >= 0.6 is 0 Å². The molecule has 2 atom stereocenters. The molecule has 4 heterocycles. The molecule has 19 nitrogen and oxygen atoms in total. The average molecular weight is 679 g/mol. The molecule has 4 aliphatic heterocycles. The molecular formula is C29H38N6O13. The summed E-state index contributed by atoms with van der Waals surface area (Å²) in [6.45, 7) is 4.62. The van der Waals surface area contributed by atoms with Crippen molar-refractivity contribution in [2.75, 3.05) is 26.2 Å². The molecule has 2 N–H and O–H groups in total. The van der Waals surface area contributed by atoms with Crippen molar-refractivity contribution in [3.63, 3.8) is 0 Å². The van der Waals surface area contributed by atoms with Crippen LogP contribution in [-0.4, -0.2) is 112 Å². The van der Waals surface area contributed by atoms with E-state index < -0.39 is 91.2 Å². The lowest BCUT2D eigenvalue weighted by Gasteiger charge is -2.23. The summed E-state index contributed by atoms with van der Waals surface area (Å²) in [5.74, 6) is -7.19. The first-order valence-corrected chi connectivity index (χ1v) is 15.7. The molecule has 5 amide bonds. The van der Waals surface area contributed by atoms with Crippen LogP contribution in [0.2, 0.25) is 0 Å². The van der Waals surface area contributed by atoms with E-state index in [-0.39, 0.29) is 38.9 Å². The summed E-state index contributed by atoms with van der Waals surface area (Å²) in [5, 5.41) is 8.38. The molecule has 262 valence electrons. The Morgan fingerprint density at radius 3 is 1.27 bits per heavy atom. The predicted octanol–water partition coefficient (Wildman–Crippen LogP) is -1.17. The van der Waals surface area contributed by atoms with Gasteiger partial charge in [-0.25, -0.2) is 24.2 Å². The van der Waals surface area contributed by atoms with E-state index in [1.165, 1.54) is 5.06 Å². The lowest BCUT2D eigenvalue weighted by molar-refractivity contribution is -0.199. The SMILES string of the molecule is C=C1CCCN1OC(=O)C(CC(=O)ON1CCCC1=O)NC(=O)CCC(=O)NC(CC(=O)ON1CCCC1=O)C(=O)ON1CCCC1=O. The Labute approximate surface area is 274 Å². The number of nitrogens with zero attached hydrogens (tertiary/aromatic N) is 4. The summed E-state index contributed by atoms with van der Waals surface area (Å²) in [4.78, 5) is 133. The summed E-state index contributed by atoms with van der Waals surface area (Å²) in [7, 11) is 0. The molecule has 0 aliphatic carbocycles. The molecule has 0 saturated carbocycles. The molecule has 0 aromatic heterocycles. The Morgan fingerprint density at radius 1 is 0.562 bits per heavy atom. The number of allylic oxidation sites excluding steroid dienone is 1. The first kappa shape index (κ1) is 35.6. The van der Waals surface area contributed by atoms with Gasteiger partial charge in [-0.05, 0) is 32.1 Å². The van der Waals surface area contributed by atoms with Gasteiger partial charge >= 0.3 is 23.9 Å². The van der Waals surface area contributed by atoms with Crippen molar-refractivity contribution in [2.24, 2.45) is 0 Å². The van der Waals surface area contributed by atoms with Gasteiger partial charge in [-0.2, -0.15) is 15.2 Å². The number of amides is 5. The smallest absolute Gasteiger partial charge is 0.342 e. The molecule has 0 aromatic carbocycles. The van der Waals surface area contributed by atoms with Crippen molar-refractivity contribution >= 4 is 53.4 Å². The number of carbonyl (C=O) groups excluding carboxylic acids is 9. The van der Waals surface area contributed by atoms with E-state index in [2.05, 4.69) is 17.2 Å². The average Bonchev–Trinajstić information content (AvgIpc) is 3.83. The number of rotatable bonds is 15. The second kappa shape index (κ2) is 16.6. The number of hydrogen-bond acceptors (Lipinski definition) is 14. The van der Waals surface area contributed by atoms with Gasteiger partial charge < -0.3 is 30.0 Å². The van der Waals surface area contributed by atoms with Crippen molar-refractivity contribution in [1.82, 2.24) is 30.9 Å². The fourth-order valence-electron chi connectivity index (χ4n) is 5.12. The van der Waals surface area contributed by atoms with E-state index in [0.717, 1.165) is 15.2 Å². The lowest BCUT2D eigenvalue weighted by Crippen LogP contribution is -2.47. The highest BCUT2D eigenvalue weighted by molar-refractivity contribution is 5.92. The molecule has 0 aromatic rings. The van der Waals surface area contributed by atoms with Crippen LogP contribution in [0.3, 0.4) is 0 Å². The summed E-state index contributed by atoms with van der Waals surface area (Å²) in [6, 6.07) is -3.19. The Hall–Kier alpha value is -5.23. The van der Waals surface area contributed by atoms with E-state index in [9.17, 15) is 43.2 Å². The summed E-state index contributed by atoms with van der Waals surface area (Å²) >= 11 is 0. The van der Waals surface area contributed by atoms with Crippen molar-refractivity contribution in [1.29, 1.82) is 0 Å². The highest BCUT2D eigenvalue weighted by atomic mass is 16.7. The molecule has 0 bridgehead atoms. The van der Waals surface area contributed by atoms with E-state index in [1.54, 1.807) is 0 Å². The maximum atomic E-state index is 13.0. The topological polar surface area (TPSA) is 228 Å². The Kier molecular flexibility index (Phi) is 12.3. The first-order chi connectivity index (χ1) is 22.9. The summed E-state index contributed by atoms with van der Waals surface area (Å²) in [5.41, 5.74) is 0.522. The van der Waals surface area contributed by atoms with Crippen LogP contribution in [0, 0.1) is 0 Å². The van der Waals surface area contributed by atoms with Gasteiger partial charge in [0.15, 0.2) is 0 Å². The van der Waals surface area contributed by atoms with Gasteiger partial charge in [0.25, 0.3) is 17.7 Å². The summed E-state index contributed by atoms with van der Waals surface area (Å²) in [6.07, 6.45) is 0.653. The van der Waals surface area contributed by atoms with E-state index >= 15 is 0 Å². The maximum Gasteiger partial charge on any atom is 0.355 e. The third kappa shape index (κ3) is 10.1. The minimum atomic E-state index is -1.64. The number of nitrogens with one attached hydrogen (secondary N) is 2. The maximum absolute atomic E-state index is 13.0. The summed E-state index contributed by atoms with van der Waals surface area (Å²) < 4.78 is 0. The van der Waals surface area contributed by atoms with Crippen LogP contribution in [0.15, 0.2) is 12.3 Å². The van der Waals surface area contributed by atoms with Crippen LogP contribution in [-0.2, 0) is 62.5 Å². The zero-order valence-corrected chi connectivity index (χ0v) is 26.3. The standard InChI is InChI=1S/C29H38N6O13/c1-18-6-2-12-32(18)47-28(43)19(16-26(41)45-33-13-3-7-23(33)38)30-21(36)10-11-22(37)31-20(29(44)48-35-15-5-9-25(35)40)17-27(42)46-34-14-4-8-24(34)39/h19-20H,1-17H2,(H,30,36)(H,31,37). The van der Waals surface area contributed by atoms with Gasteiger partial charge in [0.05, 0.1) is 39.0 Å². The highest BCUT2D eigenvalue weighted by Gasteiger charge is 2.35. The highest BCUT2D eigenvalue weighted by Crippen LogP contribution is 2.20. The quantitative estimate of drug-likeness (QED) is 0.208. The van der Waals surface area contributed by atoms with Crippen molar-refractivity contribution in [3.8, 4) is 0 Å². The Balaban J connectivity index is 1.33. The largest absolute Gasteiger partial charge is 0.355 e. The Bertz CT molecular complexity index is 1250. The molecule has 0 radical (unpaired) electrons. The third-order valence-corrected chi connectivity index (χ3v) is 7.65. The van der Waals surface area contributed by atoms with Crippen molar-refractivity contribution < 1.29 is 62.5 Å². The predicted molar refractivity (Wildman–Crippen MR) is 155 cm³/mol. The van der Waals surface area contributed by atoms with E-state index in [0.29, 0.717) is 44.3 Å². The van der Waals surface area contributed by atoms with Crippen LogP contribution in [0.4, 0.5) is 0 Å². The minimum absolute atomic E-state index is 0.121. The lowest BCUT2D eigenvalue weighted by atomic mass is 10.1. The van der Waals surface area contributed by atoms with Gasteiger partial charge in [-0.1, -0.05) is 6.58 Å². The zero-order valence-electron chi connectivity index (χ0n) is 26.3. The van der Waals surface area contributed by atoms with Crippen LogP contribution in [0.5, 0.6) is 0 Å². The molecule has 4 fully saturated rings. The molecule has 4 aliphatic rings.